The van der Waals surface area contributed by atoms with Gasteiger partial charge in [-0.05, 0) is 34.5 Å². The predicted molar refractivity (Wildman–Crippen MR) is 90.3 cm³/mol. The van der Waals surface area contributed by atoms with E-state index >= 15 is 0 Å². The van der Waals surface area contributed by atoms with Crippen LogP contribution < -0.4 is 5.32 Å². The smallest absolute Gasteiger partial charge is 0.442 e. The molecule has 4 nitrogen and oxygen atoms in total. The second-order valence-electron chi connectivity index (χ2n) is 5.46. The number of rotatable bonds is 7. The molecule has 2 aromatic rings. The van der Waals surface area contributed by atoms with Gasteiger partial charge in [-0.3, -0.25) is 9.59 Å². The molecule has 1 unspecified atom stereocenters. The van der Waals surface area contributed by atoms with Gasteiger partial charge < -0.3 is 10.4 Å². The SMILES string of the molecule is O=C(CSC(F)(F)F)NCC(Cc1ccc2ccccc2c1)C(=O)O. The third-order valence-electron chi connectivity index (χ3n) is 3.56. The summed E-state index contributed by atoms with van der Waals surface area (Å²) in [6.45, 7) is -0.223. The molecule has 0 saturated heterocycles. The molecular weight excluding hydrogens is 355 g/mol. The standard InChI is InChI=1S/C17H16F3NO3S/c18-17(19,20)25-10-15(22)21-9-14(16(23)24)8-11-5-6-12-3-1-2-4-13(12)7-11/h1-7,14H,8-10H2,(H,21,22)(H,23,24). The van der Waals surface area contributed by atoms with E-state index < -0.39 is 40.8 Å². The quantitative estimate of drug-likeness (QED) is 0.782. The number of hydrogen-bond donors (Lipinski definition) is 2. The lowest BCUT2D eigenvalue weighted by Gasteiger charge is -2.14. The molecule has 0 aliphatic heterocycles. The van der Waals surface area contributed by atoms with Gasteiger partial charge in [-0.1, -0.05) is 42.5 Å². The van der Waals surface area contributed by atoms with Gasteiger partial charge in [0.15, 0.2) is 0 Å². The first kappa shape index (κ1) is 19.1. The van der Waals surface area contributed by atoms with Crippen molar-refractivity contribution in [3.05, 3.63) is 48.0 Å². The van der Waals surface area contributed by atoms with Gasteiger partial charge in [0.2, 0.25) is 5.91 Å². The summed E-state index contributed by atoms with van der Waals surface area (Å²) in [5, 5.41) is 13.5. The lowest BCUT2D eigenvalue weighted by molar-refractivity contribution is -0.141. The summed E-state index contributed by atoms with van der Waals surface area (Å²) in [5.41, 5.74) is -3.71. The van der Waals surface area contributed by atoms with Gasteiger partial charge in [-0.2, -0.15) is 13.2 Å². The normalized spacial score (nSPS) is 12.8. The maximum Gasteiger partial charge on any atom is 0.442 e. The minimum Gasteiger partial charge on any atom is -0.481 e. The zero-order chi connectivity index (χ0) is 18.4. The van der Waals surface area contributed by atoms with Crippen molar-refractivity contribution in [1.29, 1.82) is 0 Å². The van der Waals surface area contributed by atoms with Crippen LogP contribution in [0.15, 0.2) is 42.5 Å². The number of carboxylic acids is 1. The van der Waals surface area contributed by atoms with Crippen LogP contribution >= 0.6 is 11.8 Å². The third kappa shape index (κ3) is 6.30. The number of thioether (sulfide) groups is 1. The van der Waals surface area contributed by atoms with Crippen LogP contribution in [-0.4, -0.2) is 34.8 Å². The molecular formula is C17H16F3NO3S. The first-order chi connectivity index (χ1) is 11.7. The highest BCUT2D eigenvalue weighted by Crippen LogP contribution is 2.29. The molecule has 0 saturated carbocycles. The zero-order valence-corrected chi connectivity index (χ0v) is 13.9. The van der Waals surface area contributed by atoms with Gasteiger partial charge in [0.05, 0.1) is 11.7 Å². The number of carboxylic acid groups (broad SMARTS) is 1. The highest BCUT2D eigenvalue weighted by molar-refractivity contribution is 8.00. The van der Waals surface area contributed by atoms with Crippen LogP contribution in [0.1, 0.15) is 5.56 Å². The fourth-order valence-electron chi connectivity index (χ4n) is 2.33. The second-order valence-corrected chi connectivity index (χ2v) is 6.50. The number of nitrogens with one attached hydrogen (secondary N) is 1. The van der Waals surface area contributed by atoms with Crippen molar-refractivity contribution in [3.63, 3.8) is 0 Å². The molecule has 0 heterocycles. The summed E-state index contributed by atoms with van der Waals surface area (Å²) in [7, 11) is 0. The van der Waals surface area contributed by atoms with Gasteiger partial charge in [0, 0.05) is 6.54 Å². The number of carbonyl (C=O) groups is 2. The first-order valence-corrected chi connectivity index (χ1v) is 8.41. The van der Waals surface area contributed by atoms with E-state index in [0.717, 1.165) is 16.3 Å². The van der Waals surface area contributed by atoms with Crippen LogP contribution in [0.4, 0.5) is 13.2 Å². The minimum atomic E-state index is -4.49. The van der Waals surface area contributed by atoms with E-state index in [0.29, 0.717) is 0 Å². The lowest BCUT2D eigenvalue weighted by atomic mass is 9.97. The number of amides is 1. The molecule has 134 valence electrons. The van der Waals surface area contributed by atoms with Gasteiger partial charge >= 0.3 is 11.5 Å². The van der Waals surface area contributed by atoms with Crippen LogP contribution in [0.3, 0.4) is 0 Å². The van der Waals surface area contributed by atoms with E-state index in [4.69, 9.17) is 0 Å². The number of halogens is 3. The van der Waals surface area contributed by atoms with Crippen molar-refractivity contribution in [2.75, 3.05) is 12.3 Å². The molecule has 2 rings (SSSR count). The Bertz CT molecular complexity index is 764. The van der Waals surface area contributed by atoms with E-state index in [1.165, 1.54) is 0 Å². The largest absolute Gasteiger partial charge is 0.481 e. The van der Waals surface area contributed by atoms with E-state index in [2.05, 4.69) is 5.32 Å². The maximum absolute atomic E-state index is 12.0. The van der Waals surface area contributed by atoms with E-state index in [-0.39, 0.29) is 13.0 Å². The number of aliphatic carboxylic acids is 1. The molecule has 2 aromatic carbocycles. The Hall–Kier alpha value is -2.22. The monoisotopic (exact) mass is 371 g/mol. The fraction of sp³-hybridized carbons (Fsp3) is 0.294. The van der Waals surface area contributed by atoms with Crippen molar-refractivity contribution >= 4 is 34.4 Å². The highest BCUT2D eigenvalue weighted by Gasteiger charge is 2.29. The predicted octanol–water partition coefficient (Wildman–Crippen LogP) is 3.45. The number of fused-ring (bicyclic) bond motifs is 1. The van der Waals surface area contributed by atoms with Crippen LogP contribution in [0.5, 0.6) is 0 Å². The topological polar surface area (TPSA) is 66.4 Å². The summed E-state index contributed by atoms with van der Waals surface area (Å²) >= 11 is -0.452. The maximum atomic E-state index is 12.0. The van der Waals surface area contributed by atoms with Gasteiger partial charge in [-0.15, -0.1) is 0 Å². The van der Waals surface area contributed by atoms with E-state index in [1.54, 1.807) is 6.07 Å². The van der Waals surface area contributed by atoms with Crippen LogP contribution in [-0.2, 0) is 16.0 Å². The average Bonchev–Trinajstić information content (AvgIpc) is 2.55. The molecule has 25 heavy (non-hydrogen) atoms. The highest BCUT2D eigenvalue weighted by atomic mass is 32.2. The van der Waals surface area contributed by atoms with Crippen molar-refractivity contribution < 1.29 is 27.9 Å². The van der Waals surface area contributed by atoms with Crippen LogP contribution in [0, 0.1) is 5.92 Å². The molecule has 0 aliphatic carbocycles. The summed E-state index contributed by atoms with van der Waals surface area (Å²) < 4.78 is 36.1. The molecule has 1 amide bonds. The molecule has 2 N–H and O–H groups in total. The summed E-state index contributed by atoms with van der Waals surface area (Å²) in [4.78, 5) is 22.8. The number of hydrogen-bond acceptors (Lipinski definition) is 3. The Morgan fingerprint density at radius 1 is 1.12 bits per heavy atom. The molecule has 0 spiro atoms. The van der Waals surface area contributed by atoms with Crippen molar-refractivity contribution in [3.8, 4) is 0 Å². The molecule has 0 fully saturated rings. The van der Waals surface area contributed by atoms with Crippen LogP contribution in [0.25, 0.3) is 10.8 Å². The Labute approximate surface area is 146 Å². The van der Waals surface area contributed by atoms with Gasteiger partial charge in [0.25, 0.3) is 0 Å². The molecule has 1 atom stereocenters. The first-order valence-electron chi connectivity index (χ1n) is 7.42. The second kappa shape index (κ2) is 8.24. The van der Waals surface area contributed by atoms with Crippen molar-refractivity contribution in [2.24, 2.45) is 5.92 Å². The fourth-order valence-corrected chi connectivity index (χ4v) is 2.73. The van der Waals surface area contributed by atoms with E-state index in [1.807, 2.05) is 36.4 Å². The van der Waals surface area contributed by atoms with Gasteiger partial charge in [0.1, 0.15) is 0 Å². The van der Waals surface area contributed by atoms with E-state index in [9.17, 15) is 27.9 Å². The molecule has 0 aliphatic rings. The number of carbonyl (C=O) groups excluding carboxylic acids is 1. The summed E-state index contributed by atoms with van der Waals surface area (Å²) in [6.07, 6.45) is 0.173. The third-order valence-corrected chi connectivity index (χ3v) is 4.29. The Balaban J connectivity index is 1.95. The Morgan fingerprint density at radius 3 is 2.44 bits per heavy atom. The number of alkyl halides is 3. The molecule has 8 heteroatoms. The summed E-state index contributed by atoms with van der Waals surface area (Å²) in [5.74, 6) is -3.66. The van der Waals surface area contributed by atoms with Gasteiger partial charge in [-0.25, -0.2) is 0 Å². The molecule has 0 bridgehead atoms. The Morgan fingerprint density at radius 2 is 1.80 bits per heavy atom. The summed E-state index contributed by atoms with van der Waals surface area (Å²) in [6, 6.07) is 13.2. The van der Waals surface area contributed by atoms with Crippen LogP contribution in [0.2, 0.25) is 0 Å². The number of benzene rings is 2. The average molecular weight is 371 g/mol. The molecule has 0 radical (unpaired) electrons. The molecule has 0 aromatic heterocycles. The van der Waals surface area contributed by atoms with Crippen molar-refractivity contribution in [2.45, 2.75) is 11.9 Å². The van der Waals surface area contributed by atoms with Crippen molar-refractivity contribution in [1.82, 2.24) is 5.32 Å². The zero-order valence-electron chi connectivity index (χ0n) is 13.0. The minimum absolute atomic E-state index is 0.173. The lowest BCUT2D eigenvalue weighted by Crippen LogP contribution is -2.35. The Kier molecular flexibility index (Phi) is 6.30.